The first-order valence-corrected chi connectivity index (χ1v) is 15.4. The Labute approximate surface area is 259 Å². The number of nitrogens with two attached hydrogens (primary N) is 2. The molecule has 1 saturated heterocycles. The molecule has 0 amide bonds. The zero-order valence-corrected chi connectivity index (χ0v) is 25.5. The van der Waals surface area contributed by atoms with Crippen LogP contribution in [0.15, 0.2) is 47.4 Å². The molecule has 5 rings (SSSR count). The number of aryl methyl sites for hydroxylation is 1. The third-order valence-corrected chi connectivity index (χ3v) is 8.44. The first-order chi connectivity index (χ1) is 21.1. The Morgan fingerprint density at radius 3 is 2.82 bits per heavy atom. The normalized spacial score (nSPS) is 17.6. The number of fused-ring (bicyclic) bond motifs is 1. The van der Waals surface area contributed by atoms with Crippen LogP contribution in [-0.2, 0) is 6.42 Å². The molecule has 2 aromatic heterocycles. The molecule has 0 saturated carbocycles. The van der Waals surface area contributed by atoms with Gasteiger partial charge < -0.3 is 27.1 Å². The molecule has 1 aliphatic heterocycles. The first-order valence-electron chi connectivity index (χ1n) is 15.1. The number of hydrogen-bond acceptors (Lipinski definition) is 6. The van der Waals surface area contributed by atoms with Crippen LogP contribution in [0.5, 0.6) is 0 Å². The molecular formula is C32H39ClF2N8O. The van der Waals surface area contributed by atoms with E-state index in [1.165, 1.54) is 10.6 Å². The fourth-order valence-corrected chi connectivity index (χ4v) is 6.09. The SMILES string of the molecule is C[C@H](N)CCCc1cc(Cl)c(F)c(-c2cc3cn(-c4ccc([C@@H]5CCC[C@@H](CCNC(=N)CN)N5)c(F)c4)c(=O)nc3[nH]2)c1. The third kappa shape index (κ3) is 7.35. The van der Waals surface area contributed by atoms with Crippen LogP contribution in [-0.4, -0.2) is 45.5 Å². The predicted molar refractivity (Wildman–Crippen MR) is 172 cm³/mol. The van der Waals surface area contributed by atoms with E-state index >= 15 is 8.78 Å². The van der Waals surface area contributed by atoms with Gasteiger partial charge in [0.15, 0.2) is 5.82 Å². The summed E-state index contributed by atoms with van der Waals surface area (Å²) >= 11 is 6.23. The summed E-state index contributed by atoms with van der Waals surface area (Å²) in [6, 6.07) is 9.96. The molecule has 44 heavy (non-hydrogen) atoms. The summed E-state index contributed by atoms with van der Waals surface area (Å²) in [5.41, 5.74) is 13.5. The van der Waals surface area contributed by atoms with Crippen molar-refractivity contribution in [3.05, 3.63) is 80.9 Å². The Hall–Kier alpha value is -3.64. The number of benzene rings is 2. The van der Waals surface area contributed by atoms with Gasteiger partial charge in [0.25, 0.3) is 0 Å². The van der Waals surface area contributed by atoms with Gasteiger partial charge in [-0.25, -0.2) is 13.6 Å². The molecule has 1 aliphatic rings. The van der Waals surface area contributed by atoms with Crippen LogP contribution in [0.1, 0.15) is 62.6 Å². The minimum absolute atomic E-state index is 0.0163. The molecule has 0 bridgehead atoms. The first kappa shape index (κ1) is 31.8. The number of piperidine rings is 1. The number of halogens is 3. The van der Waals surface area contributed by atoms with Gasteiger partial charge in [-0.1, -0.05) is 24.1 Å². The van der Waals surface area contributed by atoms with E-state index < -0.39 is 17.3 Å². The summed E-state index contributed by atoms with van der Waals surface area (Å²) in [6.45, 7) is 2.75. The van der Waals surface area contributed by atoms with Crippen LogP contribution < -0.4 is 27.8 Å². The maximum absolute atomic E-state index is 15.5. The Morgan fingerprint density at radius 1 is 1.25 bits per heavy atom. The largest absolute Gasteiger partial charge is 0.373 e. The van der Waals surface area contributed by atoms with Gasteiger partial charge >= 0.3 is 5.69 Å². The fourth-order valence-electron chi connectivity index (χ4n) is 5.85. The smallest absolute Gasteiger partial charge is 0.354 e. The van der Waals surface area contributed by atoms with Crippen molar-refractivity contribution in [2.75, 3.05) is 13.1 Å². The van der Waals surface area contributed by atoms with Crippen molar-refractivity contribution in [3.63, 3.8) is 0 Å². The second kappa shape index (κ2) is 14.0. The van der Waals surface area contributed by atoms with Gasteiger partial charge in [0.05, 0.1) is 22.9 Å². The van der Waals surface area contributed by atoms with Crippen LogP contribution in [0.4, 0.5) is 8.78 Å². The number of rotatable bonds is 11. The van der Waals surface area contributed by atoms with E-state index in [-0.39, 0.29) is 35.3 Å². The van der Waals surface area contributed by atoms with E-state index in [1.807, 2.05) is 6.92 Å². The number of aromatic amines is 1. The molecule has 8 N–H and O–H groups in total. The average molecular weight is 625 g/mol. The third-order valence-electron chi connectivity index (χ3n) is 8.17. The van der Waals surface area contributed by atoms with Crippen LogP contribution in [0.2, 0.25) is 5.02 Å². The lowest BCUT2D eigenvalue weighted by molar-refractivity contribution is 0.307. The molecule has 3 atom stereocenters. The molecule has 2 aromatic carbocycles. The maximum atomic E-state index is 15.5. The van der Waals surface area contributed by atoms with Crippen molar-refractivity contribution < 1.29 is 8.78 Å². The summed E-state index contributed by atoms with van der Waals surface area (Å²) < 4.78 is 31.9. The minimum Gasteiger partial charge on any atom is -0.373 e. The monoisotopic (exact) mass is 624 g/mol. The second-order valence-electron chi connectivity index (χ2n) is 11.6. The highest BCUT2D eigenvalue weighted by atomic mass is 35.5. The van der Waals surface area contributed by atoms with Gasteiger partial charge in [-0.15, -0.1) is 0 Å². The van der Waals surface area contributed by atoms with Crippen molar-refractivity contribution in [1.82, 2.24) is 25.2 Å². The van der Waals surface area contributed by atoms with Crippen molar-refractivity contribution in [2.45, 2.75) is 70.0 Å². The highest BCUT2D eigenvalue weighted by Crippen LogP contribution is 2.32. The fraction of sp³-hybridized carbons (Fsp3) is 0.406. The quantitative estimate of drug-likeness (QED) is 0.101. The molecule has 12 heteroatoms. The van der Waals surface area contributed by atoms with Gasteiger partial charge in [-0.2, -0.15) is 4.98 Å². The molecule has 0 spiro atoms. The van der Waals surface area contributed by atoms with Crippen LogP contribution in [0.3, 0.4) is 0 Å². The standard InChI is InChI=1S/C32H39ClF2N8O/c1-18(37)4-2-5-19-12-24(30(35)25(33)13-19)28-14-20-17-43(32(44)42-31(20)41-28)22-8-9-23(26(34)15-22)27-7-3-6-21(40-27)10-11-39-29(38)16-36/h8-9,12-15,17-18,21,27,40H,2-7,10-11,16,36-37H2,1H3,(H2,38,39)(H,41,42,44)/t18-,21-,27-/m0/s1. The highest BCUT2D eigenvalue weighted by molar-refractivity contribution is 6.31. The lowest BCUT2D eigenvalue weighted by Crippen LogP contribution is -2.40. The van der Waals surface area contributed by atoms with Crippen LogP contribution >= 0.6 is 11.6 Å². The summed E-state index contributed by atoms with van der Waals surface area (Å²) in [7, 11) is 0. The summed E-state index contributed by atoms with van der Waals surface area (Å²) in [5, 5.41) is 14.7. The molecular weight excluding hydrogens is 586 g/mol. The Balaban J connectivity index is 1.36. The summed E-state index contributed by atoms with van der Waals surface area (Å²) in [5.74, 6) is -0.679. The number of nitrogens with one attached hydrogen (secondary N) is 4. The van der Waals surface area contributed by atoms with E-state index in [1.54, 1.807) is 36.5 Å². The molecule has 3 heterocycles. The number of amidine groups is 1. The van der Waals surface area contributed by atoms with E-state index in [0.717, 1.165) is 44.1 Å². The topological polar surface area (TPSA) is 151 Å². The Kier molecular flexibility index (Phi) is 10.1. The van der Waals surface area contributed by atoms with Gasteiger partial charge in [-0.05, 0) is 81.3 Å². The summed E-state index contributed by atoms with van der Waals surface area (Å²) in [4.78, 5) is 20.2. The molecule has 9 nitrogen and oxygen atoms in total. The zero-order chi connectivity index (χ0) is 31.4. The van der Waals surface area contributed by atoms with Gasteiger partial charge in [0, 0.05) is 47.4 Å². The van der Waals surface area contributed by atoms with Crippen LogP contribution in [0.25, 0.3) is 28.0 Å². The Morgan fingerprint density at radius 2 is 2.07 bits per heavy atom. The predicted octanol–water partition coefficient (Wildman–Crippen LogP) is 5.08. The summed E-state index contributed by atoms with van der Waals surface area (Å²) in [6.07, 6.45) is 7.49. The molecule has 0 radical (unpaired) electrons. The van der Waals surface area contributed by atoms with Crippen molar-refractivity contribution in [2.24, 2.45) is 11.5 Å². The molecule has 1 fully saturated rings. The molecule has 0 unspecified atom stereocenters. The lowest BCUT2D eigenvalue weighted by Gasteiger charge is -2.32. The number of nitrogens with zero attached hydrogens (tertiary/aromatic N) is 2. The minimum atomic E-state index is -0.590. The van der Waals surface area contributed by atoms with E-state index in [4.69, 9.17) is 28.5 Å². The van der Waals surface area contributed by atoms with Gasteiger partial charge in [0.2, 0.25) is 0 Å². The van der Waals surface area contributed by atoms with Crippen molar-refractivity contribution in [1.29, 1.82) is 5.41 Å². The van der Waals surface area contributed by atoms with Gasteiger partial charge in [-0.3, -0.25) is 9.98 Å². The Bertz CT molecular complexity index is 1700. The highest BCUT2D eigenvalue weighted by Gasteiger charge is 2.25. The van der Waals surface area contributed by atoms with E-state index in [9.17, 15) is 4.79 Å². The zero-order valence-electron chi connectivity index (χ0n) is 24.7. The van der Waals surface area contributed by atoms with E-state index in [2.05, 4.69) is 20.6 Å². The lowest BCUT2D eigenvalue weighted by atomic mass is 9.91. The molecule has 0 aliphatic carbocycles. The molecule has 4 aromatic rings. The molecule has 234 valence electrons. The van der Waals surface area contributed by atoms with Crippen molar-refractivity contribution >= 4 is 28.5 Å². The number of H-pyrrole nitrogens is 1. The maximum Gasteiger partial charge on any atom is 0.354 e. The van der Waals surface area contributed by atoms with Crippen LogP contribution in [0, 0.1) is 17.0 Å². The van der Waals surface area contributed by atoms with Crippen molar-refractivity contribution in [3.8, 4) is 16.9 Å². The second-order valence-corrected chi connectivity index (χ2v) is 12.0. The van der Waals surface area contributed by atoms with Gasteiger partial charge in [0.1, 0.15) is 17.3 Å². The number of aromatic nitrogens is 3. The number of hydrogen-bond donors (Lipinski definition) is 6. The average Bonchev–Trinajstić information content (AvgIpc) is 3.40. The van der Waals surface area contributed by atoms with E-state index in [0.29, 0.717) is 46.8 Å².